The van der Waals surface area contributed by atoms with E-state index in [0.717, 1.165) is 0 Å². The Labute approximate surface area is 192 Å². The van der Waals surface area contributed by atoms with E-state index in [1.54, 1.807) is 13.8 Å². The highest BCUT2D eigenvalue weighted by atomic mass is 32.2. The highest BCUT2D eigenvalue weighted by molar-refractivity contribution is 7.89. The zero-order chi connectivity index (χ0) is 24.6. The van der Waals surface area contributed by atoms with Crippen molar-refractivity contribution in [3.8, 4) is 0 Å². The second-order valence-corrected chi connectivity index (χ2v) is 9.41. The SMILES string of the molecule is CNC(=O)NC(=O)COC(=O)C(NC(=O)c1cccc(S(=O)(=O)N2CCOCC2)c1)C(C)C. The van der Waals surface area contributed by atoms with Crippen LogP contribution in [0.25, 0.3) is 0 Å². The van der Waals surface area contributed by atoms with Crippen molar-refractivity contribution in [2.45, 2.75) is 24.8 Å². The molecular formula is C20H28N4O8S. The van der Waals surface area contributed by atoms with Gasteiger partial charge in [0, 0.05) is 25.7 Å². The summed E-state index contributed by atoms with van der Waals surface area (Å²) in [7, 11) is -2.49. The third-order valence-electron chi connectivity index (χ3n) is 4.74. The number of nitrogens with one attached hydrogen (secondary N) is 3. The lowest BCUT2D eigenvalue weighted by atomic mass is 10.0. The predicted octanol–water partition coefficient (Wildman–Crippen LogP) is -0.539. The molecular weight excluding hydrogens is 456 g/mol. The van der Waals surface area contributed by atoms with Gasteiger partial charge in [0.15, 0.2) is 6.61 Å². The van der Waals surface area contributed by atoms with E-state index < -0.39 is 52.4 Å². The van der Waals surface area contributed by atoms with E-state index in [4.69, 9.17) is 9.47 Å². The first kappa shape index (κ1) is 26.2. The topological polar surface area (TPSA) is 160 Å². The largest absolute Gasteiger partial charge is 0.454 e. The van der Waals surface area contributed by atoms with Crippen LogP contribution in [0.4, 0.5) is 4.79 Å². The van der Waals surface area contributed by atoms with Crippen LogP contribution in [0.5, 0.6) is 0 Å². The number of carbonyl (C=O) groups excluding carboxylic acids is 4. The number of amides is 4. The molecule has 33 heavy (non-hydrogen) atoms. The average molecular weight is 485 g/mol. The molecule has 0 bridgehead atoms. The van der Waals surface area contributed by atoms with Gasteiger partial charge in [0.05, 0.1) is 18.1 Å². The number of benzene rings is 1. The van der Waals surface area contributed by atoms with E-state index >= 15 is 0 Å². The number of urea groups is 1. The molecule has 1 unspecified atom stereocenters. The first-order valence-corrected chi connectivity index (χ1v) is 11.7. The molecule has 0 saturated carbocycles. The molecule has 1 atom stereocenters. The standard InChI is InChI=1S/C20H28N4O8S/c1-13(2)17(19(27)32-12-16(25)22-20(28)21-3)23-18(26)14-5-4-6-15(11-14)33(29,30)24-7-9-31-10-8-24/h4-6,11,13,17H,7-10,12H2,1-3H3,(H,23,26)(H2,21,22,25,28). The number of imide groups is 1. The molecule has 1 aromatic carbocycles. The molecule has 13 heteroatoms. The van der Waals surface area contributed by atoms with Crippen LogP contribution in [-0.4, -0.2) is 82.5 Å². The first-order valence-electron chi connectivity index (χ1n) is 10.2. The van der Waals surface area contributed by atoms with Crippen molar-refractivity contribution in [1.82, 2.24) is 20.3 Å². The van der Waals surface area contributed by atoms with Crippen molar-refractivity contribution in [1.29, 1.82) is 0 Å². The lowest BCUT2D eigenvalue weighted by Gasteiger charge is -2.26. The molecule has 1 fully saturated rings. The van der Waals surface area contributed by atoms with E-state index in [0.29, 0.717) is 13.2 Å². The molecule has 0 aliphatic carbocycles. The fourth-order valence-corrected chi connectivity index (χ4v) is 4.36. The number of hydrogen-bond acceptors (Lipinski definition) is 8. The second kappa shape index (κ2) is 11.7. The Bertz CT molecular complexity index is 990. The fourth-order valence-electron chi connectivity index (χ4n) is 2.91. The van der Waals surface area contributed by atoms with Crippen LogP contribution >= 0.6 is 0 Å². The molecule has 4 amide bonds. The van der Waals surface area contributed by atoms with E-state index in [1.807, 2.05) is 5.32 Å². The van der Waals surface area contributed by atoms with E-state index in [1.165, 1.54) is 35.6 Å². The van der Waals surface area contributed by atoms with Gasteiger partial charge in [-0.15, -0.1) is 0 Å². The van der Waals surface area contributed by atoms with Crippen LogP contribution in [0.2, 0.25) is 0 Å². The smallest absolute Gasteiger partial charge is 0.329 e. The van der Waals surface area contributed by atoms with Gasteiger partial charge >= 0.3 is 12.0 Å². The number of morpholine rings is 1. The minimum atomic E-state index is -3.80. The number of carbonyl (C=O) groups is 4. The van der Waals surface area contributed by atoms with Crippen molar-refractivity contribution in [3.05, 3.63) is 29.8 Å². The molecule has 1 heterocycles. The summed E-state index contributed by atoms with van der Waals surface area (Å²) in [5.41, 5.74) is 0.0418. The minimum Gasteiger partial charge on any atom is -0.454 e. The summed E-state index contributed by atoms with van der Waals surface area (Å²) in [5.74, 6) is -2.79. The molecule has 1 aliphatic rings. The summed E-state index contributed by atoms with van der Waals surface area (Å²) in [6.07, 6.45) is 0. The third-order valence-corrected chi connectivity index (χ3v) is 6.63. The molecule has 2 rings (SSSR count). The maximum absolute atomic E-state index is 12.8. The molecule has 12 nitrogen and oxygen atoms in total. The lowest BCUT2D eigenvalue weighted by molar-refractivity contribution is -0.151. The Hall–Kier alpha value is -3.03. The highest BCUT2D eigenvalue weighted by Gasteiger charge is 2.29. The summed E-state index contributed by atoms with van der Waals surface area (Å²) >= 11 is 0. The van der Waals surface area contributed by atoms with Crippen LogP contribution in [0, 0.1) is 5.92 Å². The molecule has 0 radical (unpaired) electrons. The van der Waals surface area contributed by atoms with Crippen LogP contribution in [-0.2, 0) is 29.1 Å². The minimum absolute atomic E-state index is 0.0418. The Morgan fingerprint density at radius 2 is 1.82 bits per heavy atom. The molecule has 0 spiro atoms. The van der Waals surface area contributed by atoms with Gasteiger partial charge in [-0.1, -0.05) is 19.9 Å². The monoisotopic (exact) mass is 484 g/mol. The number of hydrogen-bond donors (Lipinski definition) is 3. The molecule has 1 aliphatic heterocycles. The van der Waals surface area contributed by atoms with E-state index in [2.05, 4.69) is 10.6 Å². The third kappa shape index (κ3) is 7.23. The Balaban J connectivity index is 2.08. The van der Waals surface area contributed by atoms with Crippen molar-refractivity contribution in [2.75, 3.05) is 40.0 Å². The van der Waals surface area contributed by atoms with Crippen molar-refractivity contribution >= 4 is 33.8 Å². The second-order valence-electron chi connectivity index (χ2n) is 7.47. The van der Waals surface area contributed by atoms with Crippen molar-refractivity contribution in [3.63, 3.8) is 0 Å². The van der Waals surface area contributed by atoms with Gasteiger partial charge in [0.2, 0.25) is 10.0 Å². The van der Waals surface area contributed by atoms with Crippen LogP contribution in [0.1, 0.15) is 24.2 Å². The molecule has 1 saturated heterocycles. The Kier molecular flexibility index (Phi) is 9.32. The fraction of sp³-hybridized carbons (Fsp3) is 0.500. The van der Waals surface area contributed by atoms with Gasteiger partial charge in [0.25, 0.3) is 11.8 Å². The van der Waals surface area contributed by atoms with Crippen LogP contribution < -0.4 is 16.0 Å². The maximum Gasteiger partial charge on any atom is 0.329 e. The van der Waals surface area contributed by atoms with Gasteiger partial charge in [0.1, 0.15) is 6.04 Å². The predicted molar refractivity (Wildman–Crippen MR) is 116 cm³/mol. The number of sulfonamides is 1. The van der Waals surface area contributed by atoms with Gasteiger partial charge in [-0.05, 0) is 24.1 Å². The van der Waals surface area contributed by atoms with Gasteiger partial charge in [-0.3, -0.25) is 14.9 Å². The van der Waals surface area contributed by atoms with Gasteiger partial charge in [-0.2, -0.15) is 4.31 Å². The highest BCUT2D eigenvalue weighted by Crippen LogP contribution is 2.19. The molecule has 1 aromatic rings. The maximum atomic E-state index is 12.8. The molecule has 0 aromatic heterocycles. The van der Waals surface area contributed by atoms with Crippen LogP contribution in [0.15, 0.2) is 29.2 Å². The van der Waals surface area contributed by atoms with Crippen molar-refractivity contribution in [2.24, 2.45) is 5.92 Å². The molecule has 182 valence electrons. The number of ether oxygens (including phenoxy) is 2. The summed E-state index contributed by atoms with van der Waals surface area (Å²) in [5, 5.41) is 6.64. The average Bonchev–Trinajstić information content (AvgIpc) is 2.81. The van der Waals surface area contributed by atoms with Crippen LogP contribution in [0.3, 0.4) is 0 Å². The van der Waals surface area contributed by atoms with E-state index in [9.17, 15) is 27.6 Å². The summed E-state index contributed by atoms with van der Waals surface area (Å²) in [6, 6.07) is 3.63. The Morgan fingerprint density at radius 3 is 2.42 bits per heavy atom. The summed E-state index contributed by atoms with van der Waals surface area (Å²) < 4.78 is 37.1. The summed E-state index contributed by atoms with van der Waals surface area (Å²) in [6.45, 7) is 3.63. The molecule has 3 N–H and O–H groups in total. The Morgan fingerprint density at radius 1 is 1.15 bits per heavy atom. The summed E-state index contributed by atoms with van der Waals surface area (Å²) in [4.78, 5) is 47.9. The number of esters is 1. The van der Waals surface area contributed by atoms with Gasteiger partial charge in [-0.25, -0.2) is 18.0 Å². The van der Waals surface area contributed by atoms with E-state index in [-0.39, 0.29) is 23.5 Å². The number of rotatable bonds is 8. The number of nitrogens with zero attached hydrogens (tertiary/aromatic N) is 1. The zero-order valence-corrected chi connectivity index (χ0v) is 19.4. The van der Waals surface area contributed by atoms with Crippen molar-refractivity contribution < 1.29 is 37.1 Å². The first-order chi connectivity index (χ1) is 15.6. The lowest BCUT2D eigenvalue weighted by Crippen LogP contribution is -2.47. The zero-order valence-electron chi connectivity index (χ0n) is 18.6. The normalized spacial score (nSPS) is 15.4. The van der Waals surface area contributed by atoms with Gasteiger partial charge < -0.3 is 20.1 Å². The quantitative estimate of drug-likeness (QED) is 0.415.